The number of cyclic esters (lactones) is 1. The third kappa shape index (κ3) is 3.07. The molecule has 0 radical (unpaired) electrons. The van der Waals surface area contributed by atoms with Crippen molar-refractivity contribution in [1.29, 1.82) is 0 Å². The van der Waals surface area contributed by atoms with E-state index < -0.39 is 35.5 Å². The Hall–Kier alpha value is -1.27. The number of aliphatic hydroxyl groups is 2. The lowest BCUT2D eigenvalue weighted by molar-refractivity contribution is -0.175. The third-order valence-electron chi connectivity index (χ3n) is 3.72. The van der Waals surface area contributed by atoms with Gasteiger partial charge in [-0.1, -0.05) is 26.2 Å². The van der Waals surface area contributed by atoms with Crippen LogP contribution in [-0.4, -0.2) is 40.8 Å². The second-order valence-electron chi connectivity index (χ2n) is 5.47. The first-order valence-electron chi connectivity index (χ1n) is 7.11. The Morgan fingerprint density at radius 1 is 1.30 bits per heavy atom. The van der Waals surface area contributed by atoms with Crippen molar-refractivity contribution in [2.45, 2.75) is 63.9 Å². The van der Waals surface area contributed by atoms with E-state index in [4.69, 9.17) is 14.2 Å². The van der Waals surface area contributed by atoms with E-state index in [2.05, 4.69) is 6.92 Å². The molecular formula is C14H22O6. The highest BCUT2D eigenvalue weighted by Crippen LogP contribution is 2.34. The van der Waals surface area contributed by atoms with E-state index in [9.17, 15) is 15.0 Å². The largest absolute Gasteiger partial charge is 0.505 e. The van der Waals surface area contributed by atoms with Crippen molar-refractivity contribution < 1.29 is 29.2 Å². The molecule has 6 heteroatoms. The maximum Gasteiger partial charge on any atom is 0.377 e. The molecule has 1 saturated heterocycles. The first-order chi connectivity index (χ1) is 9.47. The van der Waals surface area contributed by atoms with Crippen LogP contribution in [-0.2, 0) is 19.0 Å². The topological polar surface area (TPSA) is 85.2 Å². The summed E-state index contributed by atoms with van der Waals surface area (Å²) in [5.41, 5.74) is 0. The fourth-order valence-electron chi connectivity index (χ4n) is 2.52. The Morgan fingerprint density at radius 2 is 2.05 bits per heavy atom. The first-order valence-corrected chi connectivity index (χ1v) is 7.11. The summed E-state index contributed by atoms with van der Waals surface area (Å²) in [5.74, 6) is -2.86. The number of unbranched alkanes of at least 4 members (excludes halogenated alkanes) is 3. The molecule has 0 aromatic carbocycles. The van der Waals surface area contributed by atoms with E-state index in [1.807, 2.05) is 6.92 Å². The SMILES string of the molecule is CCCCCCC1(C)OC[C@@H]([C@H]2OC(=O)C(O)=C2O)O1. The van der Waals surface area contributed by atoms with Crippen LogP contribution < -0.4 is 0 Å². The van der Waals surface area contributed by atoms with Gasteiger partial charge in [-0.2, -0.15) is 0 Å². The summed E-state index contributed by atoms with van der Waals surface area (Å²) >= 11 is 0. The summed E-state index contributed by atoms with van der Waals surface area (Å²) in [5, 5.41) is 18.9. The molecule has 2 heterocycles. The Bertz CT molecular complexity index is 404. The molecular weight excluding hydrogens is 264 g/mol. The van der Waals surface area contributed by atoms with Crippen LogP contribution in [0, 0.1) is 0 Å². The predicted molar refractivity (Wildman–Crippen MR) is 70.2 cm³/mol. The Labute approximate surface area is 118 Å². The quantitative estimate of drug-likeness (QED) is 0.576. The van der Waals surface area contributed by atoms with Crippen LogP contribution in [0.3, 0.4) is 0 Å². The highest BCUT2D eigenvalue weighted by molar-refractivity contribution is 5.89. The maximum absolute atomic E-state index is 11.2. The van der Waals surface area contributed by atoms with Gasteiger partial charge in [-0.05, 0) is 13.3 Å². The Balaban J connectivity index is 1.87. The van der Waals surface area contributed by atoms with Gasteiger partial charge in [-0.3, -0.25) is 0 Å². The highest BCUT2D eigenvalue weighted by atomic mass is 16.8. The normalized spacial score (nSPS) is 33.8. The van der Waals surface area contributed by atoms with Crippen molar-refractivity contribution in [2.75, 3.05) is 6.61 Å². The fraction of sp³-hybridized carbons (Fsp3) is 0.786. The predicted octanol–water partition coefficient (Wildman–Crippen LogP) is 2.34. The minimum absolute atomic E-state index is 0.222. The van der Waals surface area contributed by atoms with Gasteiger partial charge in [0.15, 0.2) is 17.7 Å². The summed E-state index contributed by atoms with van der Waals surface area (Å²) in [7, 11) is 0. The zero-order chi connectivity index (χ0) is 14.8. The van der Waals surface area contributed by atoms with Crippen LogP contribution >= 0.6 is 0 Å². The van der Waals surface area contributed by atoms with Gasteiger partial charge >= 0.3 is 5.97 Å². The molecule has 0 amide bonds. The van der Waals surface area contributed by atoms with Gasteiger partial charge in [0.2, 0.25) is 5.76 Å². The molecule has 3 atom stereocenters. The zero-order valence-electron chi connectivity index (χ0n) is 11.9. The van der Waals surface area contributed by atoms with Gasteiger partial charge < -0.3 is 24.4 Å². The van der Waals surface area contributed by atoms with Crippen LogP contribution in [0.25, 0.3) is 0 Å². The van der Waals surface area contributed by atoms with Crippen LogP contribution in [0.1, 0.15) is 46.0 Å². The van der Waals surface area contributed by atoms with Crippen LogP contribution in [0.5, 0.6) is 0 Å². The van der Waals surface area contributed by atoms with E-state index in [1.54, 1.807) is 0 Å². The van der Waals surface area contributed by atoms with Crippen molar-refractivity contribution in [1.82, 2.24) is 0 Å². The van der Waals surface area contributed by atoms with Crippen molar-refractivity contribution in [3.63, 3.8) is 0 Å². The molecule has 0 bridgehead atoms. The molecule has 1 unspecified atom stereocenters. The smallest absolute Gasteiger partial charge is 0.377 e. The molecule has 0 saturated carbocycles. The van der Waals surface area contributed by atoms with Crippen LogP contribution in [0.2, 0.25) is 0 Å². The number of hydrogen-bond acceptors (Lipinski definition) is 6. The van der Waals surface area contributed by atoms with E-state index in [-0.39, 0.29) is 6.61 Å². The van der Waals surface area contributed by atoms with Gasteiger partial charge in [0.05, 0.1) is 6.61 Å². The number of hydrogen-bond donors (Lipinski definition) is 2. The van der Waals surface area contributed by atoms with E-state index in [0.29, 0.717) is 0 Å². The van der Waals surface area contributed by atoms with E-state index in [1.165, 1.54) is 6.42 Å². The summed E-state index contributed by atoms with van der Waals surface area (Å²) < 4.78 is 16.3. The monoisotopic (exact) mass is 286 g/mol. The summed E-state index contributed by atoms with van der Waals surface area (Å²) in [6.07, 6.45) is 3.65. The number of ether oxygens (including phenoxy) is 3. The molecule has 0 spiro atoms. The number of aliphatic hydroxyl groups excluding tert-OH is 2. The number of carbonyl (C=O) groups excluding carboxylic acids is 1. The lowest BCUT2D eigenvalue weighted by atomic mass is 10.1. The lowest BCUT2D eigenvalue weighted by Crippen LogP contribution is -2.33. The van der Waals surface area contributed by atoms with Crippen LogP contribution in [0.4, 0.5) is 0 Å². The van der Waals surface area contributed by atoms with Crippen LogP contribution in [0.15, 0.2) is 11.5 Å². The van der Waals surface area contributed by atoms with Gasteiger partial charge in [-0.15, -0.1) is 0 Å². The standard InChI is InChI=1S/C14H22O6/c1-3-4-5-6-7-14(2)18-8-9(20-14)12-10(15)11(16)13(17)19-12/h9,12,15-16H,3-8H2,1-2H3/t9-,12+,14?/m0/s1. The average Bonchev–Trinajstić information content (AvgIpc) is 2.92. The van der Waals surface area contributed by atoms with E-state index >= 15 is 0 Å². The second kappa shape index (κ2) is 6.01. The highest BCUT2D eigenvalue weighted by Gasteiger charge is 2.47. The molecule has 2 rings (SSSR count). The van der Waals surface area contributed by atoms with Crippen molar-refractivity contribution in [3.05, 3.63) is 11.5 Å². The van der Waals surface area contributed by atoms with Gasteiger partial charge in [0.25, 0.3) is 0 Å². The molecule has 6 nitrogen and oxygen atoms in total. The van der Waals surface area contributed by atoms with Gasteiger partial charge in [0.1, 0.15) is 6.10 Å². The van der Waals surface area contributed by atoms with Crippen molar-refractivity contribution >= 4 is 5.97 Å². The lowest BCUT2D eigenvalue weighted by Gasteiger charge is -2.24. The molecule has 2 N–H and O–H groups in total. The minimum Gasteiger partial charge on any atom is -0.505 e. The van der Waals surface area contributed by atoms with E-state index in [0.717, 1.165) is 25.7 Å². The fourth-order valence-corrected chi connectivity index (χ4v) is 2.52. The minimum atomic E-state index is -0.972. The first kappa shape index (κ1) is 15.1. The third-order valence-corrected chi connectivity index (χ3v) is 3.72. The molecule has 2 aliphatic rings. The van der Waals surface area contributed by atoms with Gasteiger partial charge in [0, 0.05) is 6.42 Å². The molecule has 0 aliphatic carbocycles. The molecule has 20 heavy (non-hydrogen) atoms. The molecule has 0 aromatic rings. The zero-order valence-corrected chi connectivity index (χ0v) is 11.9. The maximum atomic E-state index is 11.2. The Kier molecular flexibility index (Phi) is 4.55. The summed E-state index contributed by atoms with van der Waals surface area (Å²) in [4.78, 5) is 11.2. The molecule has 2 aliphatic heterocycles. The molecule has 1 fully saturated rings. The number of esters is 1. The Morgan fingerprint density at radius 3 is 2.65 bits per heavy atom. The average molecular weight is 286 g/mol. The summed E-state index contributed by atoms with van der Waals surface area (Å²) in [6, 6.07) is 0. The number of rotatable bonds is 6. The number of carbonyl (C=O) groups is 1. The van der Waals surface area contributed by atoms with Crippen molar-refractivity contribution in [3.8, 4) is 0 Å². The summed E-state index contributed by atoms with van der Waals surface area (Å²) in [6.45, 7) is 4.21. The second-order valence-corrected chi connectivity index (χ2v) is 5.47. The van der Waals surface area contributed by atoms with Crippen molar-refractivity contribution in [2.24, 2.45) is 0 Å². The van der Waals surface area contributed by atoms with Gasteiger partial charge in [-0.25, -0.2) is 4.79 Å². The molecule has 114 valence electrons. The molecule has 0 aromatic heterocycles.